The van der Waals surface area contributed by atoms with Gasteiger partial charge in [0, 0.05) is 23.1 Å². The smallest absolute Gasteiger partial charge is 0.389 e. The number of thiophene rings is 1. The molecule has 0 atom stereocenters. The van der Waals surface area contributed by atoms with Crippen LogP contribution in [0.3, 0.4) is 0 Å². The second kappa shape index (κ2) is 6.34. The molecule has 2 rings (SSSR count). The third-order valence-electron chi connectivity index (χ3n) is 3.01. The van der Waals surface area contributed by atoms with Crippen LogP contribution >= 0.6 is 11.3 Å². The highest BCUT2D eigenvalue weighted by Gasteiger charge is 2.25. The van der Waals surface area contributed by atoms with E-state index in [0.717, 1.165) is 10.1 Å². The van der Waals surface area contributed by atoms with Crippen LogP contribution in [-0.4, -0.2) is 18.6 Å². The second-order valence-electron chi connectivity index (χ2n) is 4.67. The molecule has 0 aliphatic heterocycles. The van der Waals surface area contributed by atoms with Gasteiger partial charge in [0.05, 0.1) is 5.69 Å². The molecule has 114 valence electrons. The van der Waals surface area contributed by atoms with Gasteiger partial charge in [-0.25, -0.2) is 0 Å². The van der Waals surface area contributed by atoms with Crippen molar-refractivity contribution < 1.29 is 18.0 Å². The number of anilines is 1. The van der Waals surface area contributed by atoms with E-state index in [1.807, 2.05) is 24.3 Å². The number of halogens is 3. The van der Waals surface area contributed by atoms with Gasteiger partial charge in [0.1, 0.15) is 4.88 Å². The van der Waals surface area contributed by atoms with E-state index in [9.17, 15) is 18.0 Å². The van der Waals surface area contributed by atoms with Crippen molar-refractivity contribution in [2.45, 2.75) is 25.4 Å². The first-order chi connectivity index (χ1) is 9.88. The molecule has 3 N–H and O–H groups in total. The number of hydrogen-bond donors (Lipinski definition) is 2. The Labute approximate surface area is 123 Å². The highest BCUT2D eigenvalue weighted by molar-refractivity contribution is 7.21. The number of nitrogens with one attached hydrogen (secondary N) is 1. The summed E-state index contributed by atoms with van der Waals surface area (Å²) in [5, 5.41) is 3.43. The normalized spacial score (nSPS) is 11.8. The van der Waals surface area contributed by atoms with Crippen molar-refractivity contribution in [2.24, 2.45) is 0 Å². The average Bonchev–Trinajstić information content (AvgIpc) is 2.75. The van der Waals surface area contributed by atoms with Crippen LogP contribution < -0.4 is 11.1 Å². The quantitative estimate of drug-likeness (QED) is 0.821. The zero-order valence-electron chi connectivity index (χ0n) is 11.2. The number of nitrogens with two attached hydrogens (primary N) is 1. The van der Waals surface area contributed by atoms with E-state index in [1.165, 1.54) is 11.3 Å². The van der Waals surface area contributed by atoms with Crippen LogP contribution in [0.5, 0.6) is 0 Å². The number of nitrogen functional groups attached to an aromatic ring is 1. The molecule has 1 amide bonds. The molecule has 3 nitrogen and oxygen atoms in total. The lowest BCUT2D eigenvalue weighted by atomic mass is 10.2. The Hall–Kier alpha value is -1.76. The zero-order chi connectivity index (χ0) is 15.5. The SMILES string of the molecule is Nc1c(C(=O)NCCCCC(F)(F)F)sc2ccccc12. The Kier molecular flexibility index (Phi) is 4.72. The van der Waals surface area contributed by atoms with Gasteiger partial charge in [-0.1, -0.05) is 18.2 Å². The number of carbonyl (C=O) groups excluding carboxylic acids is 1. The minimum Gasteiger partial charge on any atom is -0.397 e. The first-order valence-corrected chi connectivity index (χ1v) is 7.32. The van der Waals surface area contributed by atoms with Crippen LogP contribution in [0, 0.1) is 0 Å². The van der Waals surface area contributed by atoms with E-state index in [1.54, 1.807) is 0 Å². The number of benzene rings is 1. The van der Waals surface area contributed by atoms with E-state index in [-0.39, 0.29) is 25.3 Å². The number of hydrogen-bond acceptors (Lipinski definition) is 3. The summed E-state index contributed by atoms with van der Waals surface area (Å²) in [7, 11) is 0. The molecule has 21 heavy (non-hydrogen) atoms. The van der Waals surface area contributed by atoms with Crippen molar-refractivity contribution in [3.63, 3.8) is 0 Å². The molecular weight excluding hydrogens is 301 g/mol. The number of carbonyl (C=O) groups is 1. The number of alkyl halides is 3. The lowest BCUT2D eigenvalue weighted by molar-refractivity contribution is -0.135. The number of unbranched alkanes of at least 4 members (excludes halogenated alkanes) is 1. The minimum atomic E-state index is -4.14. The van der Waals surface area contributed by atoms with Gasteiger partial charge >= 0.3 is 6.18 Å². The average molecular weight is 316 g/mol. The van der Waals surface area contributed by atoms with Gasteiger partial charge in [-0.2, -0.15) is 13.2 Å². The van der Waals surface area contributed by atoms with Gasteiger partial charge in [-0.15, -0.1) is 11.3 Å². The molecule has 0 unspecified atom stereocenters. The molecular formula is C14H15F3N2OS. The summed E-state index contributed by atoms with van der Waals surface area (Å²) >= 11 is 1.28. The van der Waals surface area contributed by atoms with Crippen LogP contribution in [0.25, 0.3) is 10.1 Å². The molecule has 2 aromatic rings. The third-order valence-corrected chi connectivity index (χ3v) is 4.20. The topological polar surface area (TPSA) is 55.1 Å². The number of rotatable bonds is 5. The molecule has 7 heteroatoms. The summed E-state index contributed by atoms with van der Waals surface area (Å²) in [6.07, 6.45) is -4.67. The lowest BCUT2D eigenvalue weighted by Crippen LogP contribution is -2.24. The summed E-state index contributed by atoms with van der Waals surface area (Å²) in [4.78, 5) is 12.4. The molecule has 0 saturated heterocycles. The summed E-state index contributed by atoms with van der Waals surface area (Å²) in [6, 6.07) is 7.40. The molecule has 1 aromatic heterocycles. The fraction of sp³-hybridized carbons (Fsp3) is 0.357. The lowest BCUT2D eigenvalue weighted by Gasteiger charge is -2.06. The van der Waals surface area contributed by atoms with Gasteiger partial charge in [0.25, 0.3) is 5.91 Å². The minimum absolute atomic E-state index is 0.00563. The molecule has 1 aromatic carbocycles. The van der Waals surface area contributed by atoms with Crippen molar-refractivity contribution in [1.82, 2.24) is 5.32 Å². The molecule has 0 aliphatic rings. The van der Waals surface area contributed by atoms with Crippen LogP contribution in [0.15, 0.2) is 24.3 Å². The standard InChI is InChI=1S/C14H15F3N2OS/c15-14(16,17)7-3-4-8-19-13(20)12-11(18)9-5-1-2-6-10(9)21-12/h1-2,5-6H,3-4,7-8,18H2,(H,19,20). The predicted molar refractivity (Wildman–Crippen MR) is 78.5 cm³/mol. The van der Waals surface area contributed by atoms with E-state index >= 15 is 0 Å². The Morgan fingerprint density at radius 1 is 1.24 bits per heavy atom. The van der Waals surface area contributed by atoms with Gasteiger partial charge in [-0.05, 0) is 18.9 Å². The molecule has 0 aliphatic carbocycles. The van der Waals surface area contributed by atoms with Crippen LogP contribution in [0.1, 0.15) is 28.9 Å². The Morgan fingerprint density at radius 2 is 1.95 bits per heavy atom. The summed E-state index contributed by atoms with van der Waals surface area (Å²) in [6.45, 7) is 0.211. The fourth-order valence-electron chi connectivity index (χ4n) is 1.97. The summed E-state index contributed by atoms with van der Waals surface area (Å²) in [5.74, 6) is -0.333. The Balaban J connectivity index is 1.89. The van der Waals surface area contributed by atoms with Crippen LogP contribution in [-0.2, 0) is 0 Å². The van der Waals surface area contributed by atoms with E-state index < -0.39 is 12.6 Å². The monoisotopic (exact) mass is 316 g/mol. The molecule has 0 fully saturated rings. The first kappa shape index (κ1) is 15.6. The van der Waals surface area contributed by atoms with E-state index in [0.29, 0.717) is 10.6 Å². The third kappa shape index (κ3) is 4.10. The zero-order valence-corrected chi connectivity index (χ0v) is 12.0. The van der Waals surface area contributed by atoms with Crippen LogP contribution in [0.4, 0.5) is 18.9 Å². The highest BCUT2D eigenvalue weighted by Crippen LogP contribution is 2.33. The van der Waals surface area contributed by atoms with Crippen molar-refractivity contribution in [3.05, 3.63) is 29.1 Å². The fourth-order valence-corrected chi connectivity index (χ4v) is 3.01. The van der Waals surface area contributed by atoms with Gasteiger partial charge < -0.3 is 11.1 Å². The van der Waals surface area contributed by atoms with Crippen molar-refractivity contribution >= 4 is 33.0 Å². The second-order valence-corrected chi connectivity index (χ2v) is 5.72. The maximum Gasteiger partial charge on any atom is 0.389 e. The predicted octanol–water partition coefficient (Wildman–Crippen LogP) is 3.95. The molecule has 0 bridgehead atoms. The van der Waals surface area contributed by atoms with Gasteiger partial charge in [0.15, 0.2) is 0 Å². The van der Waals surface area contributed by atoms with Gasteiger partial charge in [-0.3, -0.25) is 4.79 Å². The van der Waals surface area contributed by atoms with Crippen molar-refractivity contribution in [3.8, 4) is 0 Å². The summed E-state index contributed by atoms with van der Waals surface area (Å²) < 4.78 is 36.8. The van der Waals surface area contributed by atoms with E-state index in [2.05, 4.69) is 5.32 Å². The maximum absolute atomic E-state index is 12.0. The molecule has 0 saturated carbocycles. The first-order valence-electron chi connectivity index (χ1n) is 6.50. The van der Waals surface area contributed by atoms with Crippen molar-refractivity contribution in [1.29, 1.82) is 0 Å². The van der Waals surface area contributed by atoms with Gasteiger partial charge in [0.2, 0.25) is 0 Å². The van der Waals surface area contributed by atoms with Crippen LogP contribution in [0.2, 0.25) is 0 Å². The molecule has 1 heterocycles. The Morgan fingerprint density at radius 3 is 2.62 bits per heavy atom. The maximum atomic E-state index is 12.0. The largest absolute Gasteiger partial charge is 0.397 e. The summed E-state index contributed by atoms with van der Waals surface area (Å²) in [5.41, 5.74) is 6.35. The highest BCUT2D eigenvalue weighted by atomic mass is 32.1. The molecule has 0 spiro atoms. The molecule has 0 radical (unpaired) electrons. The number of fused-ring (bicyclic) bond motifs is 1. The number of amides is 1. The van der Waals surface area contributed by atoms with Crippen molar-refractivity contribution in [2.75, 3.05) is 12.3 Å². The Bertz CT molecular complexity index is 637. The van der Waals surface area contributed by atoms with E-state index in [4.69, 9.17) is 5.73 Å².